The highest BCUT2D eigenvalue weighted by molar-refractivity contribution is 6.44. The van der Waals surface area contributed by atoms with Crippen LogP contribution in [0.1, 0.15) is 20.7 Å². The highest BCUT2D eigenvalue weighted by atomic mass is 35.5. The lowest BCUT2D eigenvalue weighted by molar-refractivity contribution is 0.0592. The summed E-state index contributed by atoms with van der Waals surface area (Å²) in [6.07, 6.45) is 3.40. The second-order valence-corrected chi connectivity index (χ2v) is 7.00. The summed E-state index contributed by atoms with van der Waals surface area (Å²) in [5, 5.41) is 2.69. The van der Waals surface area contributed by atoms with Gasteiger partial charge >= 0.3 is 11.9 Å². The van der Waals surface area contributed by atoms with Crippen LogP contribution in [0.15, 0.2) is 42.7 Å². The molecule has 29 heavy (non-hydrogen) atoms. The van der Waals surface area contributed by atoms with Crippen molar-refractivity contribution < 1.29 is 19.1 Å². The molecule has 0 unspecified atom stereocenters. The van der Waals surface area contributed by atoms with Crippen LogP contribution in [0.2, 0.25) is 15.1 Å². The Kier molecular flexibility index (Phi) is 6.37. The minimum atomic E-state index is -0.473. The number of fused-ring (bicyclic) bond motifs is 2. The van der Waals surface area contributed by atoms with Crippen molar-refractivity contribution in [3.8, 4) is 0 Å². The van der Waals surface area contributed by atoms with E-state index >= 15 is 0 Å². The molecule has 0 atom stereocenters. The van der Waals surface area contributed by atoms with Gasteiger partial charge in [-0.3, -0.25) is 0 Å². The quantitative estimate of drug-likeness (QED) is 0.372. The number of ether oxygens (including phenoxy) is 2. The predicted molar refractivity (Wildman–Crippen MR) is 114 cm³/mol. The van der Waals surface area contributed by atoms with Crippen molar-refractivity contribution in [2.24, 2.45) is 0 Å². The number of methoxy groups -OCH3 is 2. The number of hydrogen-bond donors (Lipinski definition) is 2. The van der Waals surface area contributed by atoms with Gasteiger partial charge in [-0.15, -0.1) is 0 Å². The Morgan fingerprint density at radius 2 is 1.38 bits per heavy atom. The van der Waals surface area contributed by atoms with E-state index in [0.717, 1.165) is 16.4 Å². The van der Waals surface area contributed by atoms with Crippen molar-refractivity contribution in [3.05, 3.63) is 68.9 Å². The minimum Gasteiger partial charge on any atom is -0.465 e. The standard InChI is InChI=1S/C10H7Cl2NO2.C10H8ClNO2/c1-15-10(14)5-2-3-7-8(9(5)12)6(11)4-13-7;1-14-10(13)7-2-3-8-6(9(7)11)4-5-12-8/h2-4,13H,1H3;2-5,12H,1H3. The molecule has 0 amide bonds. The summed E-state index contributed by atoms with van der Waals surface area (Å²) >= 11 is 18.0. The van der Waals surface area contributed by atoms with Gasteiger partial charge < -0.3 is 19.4 Å². The Morgan fingerprint density at radius 3 is 2.00 bits per heavy atom. The van der Waals surface area contributed by atoms with Gasteiger partial charge in [0.05, 0.1) is 40.4 Å². The number of carbonyl (C=O) groups excluding carboxylic acids is 2. The van der Waals surface area contributed by atoms with Crippen LogP contribution in [-0.4, -0.2) is 36.1 Å². The molecular formula is C20H15Cl3N2O4. The van der Waals surface area contributed by atoms with Crippen molar-refractivity contribution >= 4 is 68.5 Å². The topological polar surface area (TPSA) is 84.2 Å². The number of H-pyrrole nitrogens is 2. The summed E-state index contributed by atoms with van der Waals surface area (Å²) in [6, 6.07) is 8.60. The van der Waals surface area contributed by atoms with E-state index < -0.39 is 11.9 Å². The zero-order valence-electron chi connectivity index (χ0n) is 15.3. The van der Waals surface area contributed by atoms with E-state index in [1.807, 2.05) is 6.07 Å². The molecule has 2 aromatic heterocycles. The number of halogens is 3. The van der Waals surface area contributed by atoms with Crippen LogP contribution in [0.4, 0.5) is 0 Å². The number of carbonyl (C=O) groups is 2. The predicted octanol–water partition coefficient (Wildman–Crippen LogP) is 5.87. The van der Waals surface area contributed by atoms with Gasteiger partial charge in [-0.05, 0) is 30.3 Å². The van der Waals surface area contributed by atoms with Crippen LogP contribution in [0.25, 0.3) is 21.8 Å². The van der Waals surface area contributed by atoms with Crippen molar-refractivity contribution in [2.45, 2.75) is 0 Å². The fourth-order valence-corrected chi connectivity index (χ4v) is 3.72. The average Bonchev–Trinajstić information content (AvgIpc) is 3.35. The van der Waals surface area contributed by atoms with Gasteiger partial charge in [0, 0.05) is 34.2 Å². The van der Waals surface area contributed by atoms with Crippen molar-refractivity contribution in [2.75, 3.05) is 14.2 Å². The molecule has 0 saturated carbocycles. The molecule has 0 bridgehead atoms. The largest absolute Gasteiger partial charge is 0.465 e. The second kappa shape index (κ2) is 8.78. The lowest BCUT2D eigenvalue weighted by Crippen LogP contribution is -2.01. The lowest BCUT2D eigenvalue weighted by Gasteiger charge is -2.03. The number of esters is 2. The summed E-state index contributed by atoms with van der Waals surface area (Å²) in [7, 11) is 2.64. The Labute approximate surface area is 180 Å². The van der Waals surface area contributed by atoms with Gasteiger partial charge in [0.2, 0.25) is 0 Å². The molecule has 0 saturated heterocycles. The number of nitrogens with one attached hydrogen (secondary N) is 2. The third-order valence-corrected chi connectivity index (χ3v) is 5.31. The number of aromatic nitrogens is 2. The van der Waals surface area contributed by atoms with Gasteiger partial charge in [0.15, 0.2) is 0 Å². The van der Waals surface area contributed by atoms with Gasteiger partial charge in [-0.25, -0.2) is 9.59 Å². The first-order valence-electron chi connectivity index (χ1n) is 8.26. The maximum absolute atomic E-state index is 11.4. The van der Waals surface area contributed by atoms with Crippen LogP contribution < -0.4 is 0 Å². The van der Waals surface area contributed by atoms with Gasteiger partial charge in [-0.2, -0.15) is 0 Å². The summed E-state index contributed by atoms with van der Waals surface area (Å²) in [5.41, 5.74) is 2.40. The first kappa shape index (κ1) is 21.0. The van der Waals surface area contributed by atoms with Crippen LogP contribution in [0.3, 0.4) is 0 Å². The van der Waals surface area contributed by atoms with Crippen LogP contribution in [0, 0.1) is 0 Å². The maximum atomic E-state index is 11.4. The molecule has 0 aliphatic heterocycles. The number of aromatic amines is 2. The Hall–Kier alpha value is -2.67. The third-order valence-electron chi connectivity index (χ3n) is 4.21. The number of rotatable bonds is 2. The van der Waals surface area contributed by atoms with Crippen LogP contribution in [-0.2, 0) is 9.47 Å². The Balaban J connectivity index is 0.000000166. The highest BCUT2D eigenvalue weighted by Gasteiger charge is 2.16. The van der Waals surface area contributed by atoms with Gasteiger partial charge in [0.1, 0.15) is 0 Å². The fourth-order valence-electron chi connectivity index (χ4n) is 2.77. The third kappa shape index (κ3) is 4.05. The van der Waals surface area contributed by atoms with E-state index in [0.29, 0.717) is 31.6 Å². The molecule has 2 N–H and O–H groups in total. The number of hydrogen-bond acceptors (Lipinski definition) is 4. The minimum absolute atomic E-state index is 0.311. The van der Waals surface area contributed by atoms with Crippen molar-refractivity contribution in [3.63, 3.8) is 0 Å². The molecule has 0 fully saturated rings. The fraction of sp³-hybridized carbons (Fsp3) is 0.100. The molecule has 0 aliphatic rings. The summed E-state index contributed by atoms with van der Waals surface area (Å²) < 4.78 is 9.21. The monoisotopic (exact) mass is 452 g/mol. The molecule has 0 spiro atoms. The van der Waals surface area contributed by atoms with Crippen LogP contribution >= 0.6 is 34.8 Å². The molecule has 4 aromatic rings. The zero-order chi connectivity index (χ0) is 21.1. The van der Waals surface area contributed by atoms with E-state index in [-0.39, 0.29) is 0 Å². The van der Waals surface area contributed by atoms with Gasteiger partial charge in [0.25, 0.3) is 0 Å². The highest BCUT2D eigenvalue weighted by Crippen LogP contribution is 2.33. The normalized spacial score (nSPS) is 10.5. The zero-order valence-corrected chi connectivity index (χ0v) is 17.6. The van der Waals surface area contributed by atoms with Gasteiger partial charge in [-0.1, -0.05) is 34.8 Å². The van der Waals surface area contributed by atoms with Crippen molar-refractivity contribution in [1.29, 1.82) is 0 Å². The molecular weight excluding hydrogens is 439 g/mol. The maximum Gasteiger partial charge on any atom is 0.339 e. The lowest BCUT2D eigenvalue weighted by atomic mass is 10.1. The van der Waals surface area contributed by atoms with E-state index in [9.17, 15) is 9.59 Å². The van der Waals surface area contributed by atoms with E-state index in [1.165, 1.54) is 14.2 Å². The van der Waals surface area contributed by atoms with Crippen LogP contribution in [0.5, 0.6) is 0 Å². The SMILES string of the molecule is COC(=O)c1ccc2[nH]cc(Cl)c2c1Cl.COC(=O)c1ccc2[nH]ccc2c1Cl. The summed E-state index contributed by atoms with van der Waals surface area (Å²) in [6.45, 7) is 0. The number of benzene rings is 2. The Bertz CT molecular complexity index is 1210. The first-order valence-corrected chi connectivity index (χ1v) is 9.39. The van der Waals surface area contributed by atoms with E-state index in [2.05, 4.69) is 19.4 Å². The Morgan fingerprint density at radius 1 is 0.793 bits per heavy atom. The smallest absolute Gasteiger partial charge is 0.339 e. The molecule has 2 aromatic carbocycles. The summed E-state index contributed by atoms with van der Waals surface area (Å²) in [4.78, 5) is 28.6. The van der Waals surface area contributed by atoms with E-state index in [1.54, 1.807) is 36.7 Å². The first-order chi connectivity index (χ1) is 13.9. The second-order valence-electron chi connectivity index (χ2n) is 5.84. The molecule has 9 heteroatoms. The molecule has 150 valence electrons. The summed E-state index contributed by atoms with van der Waals surface area (Å²) in [5.74, 6) is -0.891. The van der Waals surface area contributed by atoms with E-state index in [4.69, 9.17) is 34.8 Å². The molecule has 6 nitrogen and oxygen atoms in total. The average molecular weight is 454 g/mol. The molecule has 0 radical (unpaired) electrons. The molecule has 4 rings (SSSR count). The molecule has 0 aliphatic carbocycles. The molecule has 2 heterocycles. The van der Waals surface area contributed by atoms with Crippen molar-refractivity contribution in [1.82, 2.24) is 9.97 Å².